The third kappa shape index (κ3) is 4.77. The topological polar surface area (TPSA) is 49.7 Å². The quantitative estimate of drug-likeness (QED) is 0.655. The first-order valence-electron chi connectivity index (χ1n) is 10.4. The molecule has 0 bridgehead atoms. The second-order valence-corrected chi connectivity index (χ2v) is 8.97. The van der Waals surface area contributed by atoms with Gasteiger partial charge in [0, 0.05) is 24.5 Å². The minimum Gasteiger partial charge on any atom is -0.372 e. The summed E-state index contributed by atoms with van der Waals surface area (Å²) in [7, 11) is 2.05. The third-order valence-electron chi connectivity index (χ3n) is 5.73. The number of quaternary nitrogens is 1. The lowest BCUT2D eigenvalue weighted by atomic mass is 10.1. The van der Waals surface area contributed by atoms with Gasteiger partial charge in [0.15, 0.2) is 11.6 Å². The monoisotopic (exact) mass is 409 g/mol. The number of nitrogens with zero attached hydrogens (tertiary/aromatic N) is 2. The van der Waals surface area contributed by atoms with Gasteiger partial charge in [0.1, 0.15) is 6.04 Å². The van der Waals surface area contributed by atoms with Crippen LogP contribution in [0.5, 0.6) is 0 Å². The van der Waals surface area contributed by atoms with Gasteiger partial charge in [0.25, 0.3) is 5.91 Å². The lowest BCUT2D eigenvalue weighted by molar-refractivity contribution is -0.902. The highest BCUT2D eigenvalue weighted by molar-refractivity contribution is 7.18. The molecule has 1 saturated heterocycles. The van der Waals surface area contributed by atoms with Crippen molar-refractivity contribution in [3.63, 3.8) is 0 Å². The summed E-state index contributed by atoms with van der Waals surface area (Å²) in [4.78, 5) is 20.9. The zero-order chi connectivity index (χ0) is 20.2. The Morgan fingerprint density at radius 1 is 1.14 bits per heavy atom. The first kappa shape index (κ1) is 19.9. The summed E-state index contributed by atoms with van der Waals surface area (Å²) in [6.45, 7) is 4.80. The SMILES string of the molecule is C[C@H](c1nc2ccccc2s1)[NH+](C)CC(=O)Nc1ccc(N2CCCCC2)cc1. The van der Waals surface area contributed by atoms with Crippen LogP contribution in [-0.4, -0.2) is 37.6 Å². The maximum absolute atomic E-state index is 12.6. The van der Waals surface area contributed by atoms with Gasteiger partial charge in [0.2, 0.25) is 0 Å². The van der Waals surface area contributed by atoms with E-state index >= 15 is 0 Å². The van der Waals surface area contributed by atoms with E-state index in [1.54, 1.807) is 11.3 Å². The van der Waals surface area contributed by atoms with Crippen molar-refractivity contribution >= 4 is 38.8 Å². The number of rotatable bonds is 6. The second kappa shape index (κ2) is 8.93. The van der Waals surface area contributed by atoms with Crippen LogP contribution in [0.3, 0.4) is 0 Å². The standard InChI is InChI=1S/C23H28N4OS/c1-17(23-25-20-8-4-5-9-21(20)29-23)26(2)16-22(28)24-18-10-12-19(13-11-18)27-14-6-3-7-15-27/h4-5,8-13,17H,3,6-7,14-16H2,1-2H3,(H,24,28)/p+1/t17-/m1/s1. The summed E-state index contributed by atoms with van der Waals surface area (Å²) < 4.78 is 1.19. The molecule has 152 valence electrons. The van der Waals surface area contributed by atoms with Crippen LogP contribution in [0.15, 0.2) is 48.5 Å². The number of hydrogen-bond acceptors (Lipinski definition) is 4. The Morgan fingerprint density at radius 3 is 2.59 bits per heavy atom. The Kier molecular flexibility index (Phi) is 6.11. The highest BCUT2D eigenvalue weighted by atomic mass is 32.1. The molecule has 3 aromatic rings. The number of thiazole rings is 1. The van der Waals surface area contributed by atoms with E-state index < -0.39 is 0 Å². The predicted molar refractivity (Wildman–Crippen MR) is 121 cm³/mol. The van der Waals surface area contributed by atoms with Crippen molar-refractivity contribution < 1.29 is 9.69 Å². The van der Waals surface area contributed by atoms with Crippen LogP contribution >= 0.6 is 11.3 Å². The number of nitrogens with one attached hydrogen (secondary N) is 2. The van der Waals surface area contributed by atoms with Crippen molar-refractivity contribution in [1.82, 2.24) is 4.98 Å². The molecule has 29 heavy (non-hydrogen) atoms. The molecule has 2 aromatic carbocycles. The molecule has 6 heteroatoms. The van der Waals surface area contributed by atoms with Gasteiger partial charge in [-0.25, -0.2) is 4.98 Å². The van der Waals surface area contributed by atoms with Gasteiger partial charge >= 0.3 is 0 Å². The van der Waals surface area contributed by atoms with Crippen LogP contribution in [0.25, 0.3) is 10.2 Å². The number of anilines is 2. The molecule has 1 aromatic heterocycles. The average molecular weight is 410 g/mol. The minimum atomic E-state index is 0.0289. The Balaban J connectivity index is 1.33. The Labute approximate surface area is 176 Å². The molecule has 0 saturated carbocycles. The molecule has 2 N–H and O–H groups in total. The number of benzene rings is 2. The van der Waals surface area contributed by atoms with Crippen LogP contribution < -0.4 is 15.1 Å². The molecule has 1 aliphatic heterocycles. The molecule has 1 amide bonds. The third-order valence-corrected chi connectivity index (χ3v) is 6.95. The molecule has 0 spiro atoms. The van der Waals surface area contributed by atoms with E-state index in [4.69, 9.17) is 4.98 Å². The largest absolute Gasteiger partial charge is 0.372 e. The van der Waals surface area contributed by atoms with Crippen molar-refractivity contribution in [2.45, 2.75) is 32.2 Å². The number of aromatic nitrogens is 1. The van der Waals surface area contributed by atoms with E-state index in [2.05, 4.69) is 42.4 Å². The number of likely N-dealkylation sites (N-methyl/N-ethyl adjacent to an activating group) is 1. The highest BCUT2D eigenvalue weighted by Gasteiger charge is 2.22. The average Bonchev–Trinajstić information content (AvgIpc) is 3.18. The number of para-hydroxylation sites is 1. The first-order chi connectivity index (χ1) is 14.1. The molecule has 5 nitrogen and oxygen atoms in total. The van der Waals surface area contributed by atoms with E-state index in [0.717, 1.165) is 34.2 Å². The number of hydrogen-bond donors (Lipinski definition) is 2. The molecule has 1 fully saturated rings. The van der Waals surface area contributed by atoms with Crippen LogP contribution in [0.2, 0.25) is 0 Å². The van der Waals surface area contributed by atoms with Crippen LogP contribution in [0.4, 0.5) is 11.4 Å². The summed E-state index contributed by atoms with van der Waals surface area (Å²) in [5.74, 6) is 0.0289. The van der Waals surface area contributed by atoms with Crippen molar-refractivity contribution in [1.29, 1.82) is 0 Å². The van der Waals surface area contributed by atoms with E-state index in [9.17, 15) is 4.79 Å². The predicted octanol–water partition coefficient (Wildman–Crippen LogP) is 3.50. The van der Waals surface area contributed by atoms with E-state index in [1.807, 2.05) is 30.3 Å². The summed E-state index contributed by atoms with van der Waals surface area (Å²) in [5, 5.41) is 4.11. The highest BCUT2D eigenvalue weighted by Crippen LogP contribution is 2.25. The maximum Gasteiger partial charge on any atom is 0.279 e. The molecule has 2 atom stereocenters. The van der Waals surface area contributed by atoms with Gasteiger partial charge < -0.3 is 15.1 Å². The number of fused-ring (bicyclic) bond motifs is 1. The van der Waals surface area contributed by atoms with E-state index in [-0.39, 0.29) is 11.9 Å². The fraction of sp³-hybridized carbons (Fsp3) is 0.391. The van der Waals surface area contributed by atoms with Crippen molar-refractivity contribution in [3.8, 4) is 0 Å². The van der Waals surface area contributed by atoms with Gasteiger partial charge in [-0.15, -0.1) is 11.3 Å². The number of piperidine rings is 1. The molecular weight excluding hydrogens is 380 g/mol. The van der Waals surface area contributed by atoms with Crippen molar-refractivity contribution in [2.75, 3.05) is 36.9 Å². The number of amides is 1. The lowest BCUT2D eigenvalue weighted by Gasteiger charge is -2.28. The van der Waals surface area contributed by atoms with Crippen LogP contribution in [0, 0.1) is 0 Å². The maximum atomic E-state index is 12.6. The lowest BCUT2D eigenvalue weighted by Crippen LogP contribution is -3.10. The molecule has 0 aliphatic carbocycles. The Bertz CT molecular complexity index is 929. The molecule has 4 rings (SSSR count). The van der Waals surface area contributed by atoms with Gasteiger partial charge in [0.05, 0.1) is 17.3 Å². The molecule has 2 heterocycles. The summed E-state index contributed by atoms with van der Waals surface area (Å²) in [6, 6.07) is 16.6. The Morgan fingerprint density at radius 2 is 1.86 bits per heavy atom. The zero-order valence-electron chi connectivity index (χ0n) is 17.1. The molecule has 0 radical (unpaired) electrons. The van der Waals surface area contributed by atoms with Crippen LogP contribution in [0.1, 0.15) is 37.2 Å². The number of carbonyl (C=O) groups is 1. The minimum absolute atomic E-state index is 0.0289. The number of carbonyl (C=O) groups excluding carboxylic acids is 1. The smallest absolute Gasteiger partial charge is 0.279 e. The Hall–Kier alpha value is -2.44. The van der Waals surface area contributed by atoms with Crippen molar-refractivity contribution in [2.24, 2.45) is 0 Å². The van der Waals surface area contributed by atoms with Gasteiger partial charge in [-0.05, 0) is 62.6 Å². The first-order valence-corrected chi connectivity index (χ1v) is 11.2. The normalized spacial score (nSPS) is 16.6. The zero-order valence-corrected chi connectivity index (χ0v) is 18.0. The second-order valence-electron chi connectivity index (χ2n) is 7.91. The molecule has 1 aliphatic rings. The summed E-state index contributed by atoms with van der Waals surface area (Å²) >= 11 is 1.71. The van der Waals surface area contributed by atoms with Gasteiger partial charge in [-0.2, -0.15) is 0 Å². The summed E-state index contributed by atoms with van der Waals surface area (Å²) in [5.41, 5.74) is 3.14. The van der Waals surface area contributed by atoms with Gasteiger partial charge in [-0.3, -0.25) is 4.79 Å². The van der Waals surface area contributed by atoms with Crippen molar-refractivity contribution in [3.05, 3.63) is 53.5 Å². The molecule has 1 unspecified atom stereocenters. The van der Waals surface area contributed by atoms with Gasteiger partial charge in [-0.1, -0.05) is 12.1 Å². The summed E-state index contributed by atoms with van der Waals surface area (Å²) in [6.07, 6.45) is 3.86. The van der Waals surface area contributed by atoms with Crippen LogP contribution in [-0.2, 0) is 4.79 Å². The molecular formula is C23H29N4OS+. The van der Waals surface area contributed by atoms with E-state index in [1.165, 1.54) is 29.6 Å². The fourth-order valence-corrected chi connectivity index (χ4v) is 4.92. The van der Waals surface area contributed by atoms with E-state index in [0.29, 0.717) is 6.54 Å². The fourth-order valence-electron chi connectivity index (χ4n) is 3.81.